The Bertz CT molecular complexity index is 433. The second-order valence-electron chi connectivity index (χ2n) is 3.23. The number of carbonyl (C=O) groups is 1. The molecule has 0 radical (unpaired) electrons. The second-order valence-corrected chi connectivity index (χ2v) is 4.31. The predicted octanol–water partition coefficient (Wildman–Crippen LogP) is 1.13. The Morgan fingerprint density at radius 1 is 1.65 bits per heavy atom. The van der Waals surface area contributed by atoms with Gasteiger partial charge in [0.05, 0.1) is 12.9 Å². The number of hydrogen-bond acceptors (Lipinski definition) is 5. The van der Waals surface area contributed by atoms with Gasteiger partial charge in [0.1, 0.15) is 9.39 Å². The maximum Gasteiger partial charge on any atom is 0.305 e. The van der Waals surface area contributed by atoms with E-state index in [1.165, 1.54) is 6.33 Å². The molecule has 0 unspecified atom stereocenters. The average molecular weight is 351 g/mol. The summed E-state index contributed by atoms with van der Waals surface area (Å²) in [4.78, 5) is 28.8. The van der Waals surface area contributed by atoms with Crippen LogP contribution in [0.3, 0.4) is 0 Å². The summed E-state index contributed by atoms with van der Waals surface area (Å²) in [5.41, 5.74) is -0.173. The van der Waals surface area contributed by atoms with E-state index in [9.17, 15) is 9.59 Å². The van der Waals surface area contributed by atoms with Gasteiger partial charge in [-0.25, -0.2) is 4.98 Å². The summed E-state index contributed by atoms with van der Waals surface area (Å²) in [6.45, 7) is 2.75. The Hall–Kier alpha value is -1.12. The number of hydrogen-bond donors (Lipinski definition) is 2. The Kier molecular flexibility index (Phi) is 5.95. The van der Waals surface area contributed by atoms with Crippen LogP contribution in [0.25, 0.3) is 0 Å². The molecule has 1 heterocycles. The maximum absolute atomic E-state index is 11.2. The number of esters is 1. The lowest BCUT2D eigenvalue weighted by Crippen LogP contribution is -2.16. The predicted molar refractivity (Wildman–Crippen MR) is 71.9 cm³/mol. The van der Waals surface area contributed by atoms with E-state index in [4.69, 9.17) is 4.74 Å². The molecule has 0 atom stereocenters. The number of halogens is 1. The zero-order valence-corrected chi connectivity index (χ0v) is 11.6. The van der Waals surface area contributed by atoms with Crippen molar-refractivity contribution in [2.24, 2.45) is 0 Å². The van der Waals surface area contributed by atoms with Crippen molar-refractivity contribution < 1.29 is 9.53 Å². The van der Waals surface area contributed by atoms with E-state index in [2.05, 4.69) is 15.3 Å². The molecule has 1 aromatic rings. The van der Waals surface area contributed by atoms with Gasteiger partial charge in [0.15, 0.2) is 0 Å². The molecule has 17 heavy (non-hydrogen) atoms. The Labute approximate surface area is 112 Å². The molecule has 0 saturated heterocycles. The lowest BCUT2D eigenvalue weighted by atomic mass is 10.3. The van der Waals surface area contributed by atoms with Crippen LogP contribution in [0, 0.1) is 3.57 Å². The van der Waals surface area contributed by atoms with E-state index in [0.29, 0.717) is 35.4 Å². The van der Waals surface area contributed by atoms with Crippen LogP contribution in [0.1, 0.15) is 19.8 Å². The van der Waals surface area contributed by atoms with Gasteiger partial charge in [-0.05, 0) is 35.9 Å². The quantitative estimate of drug-likeness (QED) is 0.456. The molecule has 0 aromatic carbocycles. The van der Waals surface area contributed by atoms with E-state index in [1.807, 2.05) is 22.6 Å². The summed E-state index contributed by atoms with van der Waals surface area (Å²) in [5.74, 6) is 0.334. The molecule has 0 aliphatic heterocycles. The van der Waals surface area contributed by atoms with Crippen molar-refractivity contribution in [1.29, 1.82) is 0 Å². The van der Waals surface area contributed by atoms with Gasteiger partial charge in [-0.3, -0.25) is 9.59 Å². The van der Waals surface area contributed by atoms with E-state index >= 15 is 0 Å². The Balaban J connectivity index is 2.34. The molecule has 2 N–H and O–H groups in total. The van der Waals surface area contributed by atoms with Gasteiger partial charge in [-0.1, -0.05) is 0 Å². The molecule has 1 aromatic heterocycles. The molecule has 0 amide bonds. The summed E-state index contributed by atoms with van der Waals surface area (Å²) >= 11 is 1.92. The third-order valence-electron chi connectivity index (χ3n) is 1.95. The number of rotatable bonds is 6. The van der Waals surface area contributed by atoms with Crippen LogP contribution in [0.2, 0.25) is 0 Å². The van der Waals surface area contributed by atoms with Crippen molar-refractivity contribution in [1.82, 2.24) is 9.97 Å². The number of aromatic nitrogens is 2. The minimum absolute atomic E-state index is 0.173. The first-order valence-corrected chi connectivity index (χ1v) is 6.35. The minimum Gasteiger partial charge on any atom is -0.466 e. The van der Waals surface area contributed by atoms with E-state index in [0.717, 1.165) is 0 Å². The lowest BCUT2D eigenvalue weighted by molar-refractivity contribution is -0.143. The highest BCUT2D eigenvalue weighted by Crippen LogP contribution is 2.08. The van der Waals surface area contributed by atoms with E-state index in [1.54, 1.807) is 6.92 Å². The molecule has 6 nitrogen and oxygen atoms in total. The monoisotopic (exact) mass is 351 g/mol. The fourth-order valence-corrected chi connectivity index (χ4v) is 1.66. The van der Waals surface area contributed by atoms with Gasteiger partial charge in [0.2, 0.25) is 0 Å². The highest BCUT2D eigenvalue weighted by molar-refractivity contribution is 14.1. The number of aromatic amines is 1. The maximum atomic E-state index is 11.2. The second kappa shape index (κ2) is 7.25. The molecule has 0 spiro atoms. The van der Waals surface area contributed by atoms with Crippen molar-refractivity contribution in [3.05, 3.63) is 20.3 Å². The molecular formula is C10H14IN3O3. The Morgan fingerprint density at radius 3 is 3.12 bits per heavy atom. The highest BCUT2D eigenvalue weighted by Gasteiger charge is 2.05. The van der Waals surface area contributed by atoms with Gasteiger partial charge < -0.3 is 15.0 Å². The van der Waals surface area contributed by atoms with Crippen LogP contribution in [-0.4, -0.2) is 29.1 Å². The van der Waals surface area contributed by atoms with Crippen molar-refractivity contribution in [3.8, 4) is 0 Å². The first-order chi connectivity index (χ1) is 8.15. The number of anilines is 1. The van der Waals surface area contributed by atoms with Gasteiger partial charge in [0, 0.05) is 13.0 Å². The highest BCUT2D eigenvalue weighted by atomic mass is 127. The lowest BCUT2D eigenvalue weighted by Gasteiger charge is -2.06. The fourth-order valence-electron chi connectivity index (χ4n) is 1.18. The third kappa shape index (κ3) is 4.72. The third-order valence-corrected chi connectivity index (χ3v) is 2.95. The van der Waals surface area contributed by atoms with Crippen molar-refractivity contribution in [3.63, 3.8) is 0 Å². The van der Waals surface area contributed by atoms with E-state index in [-0.39, 0.29) is 11.5 Å². The number of nitrogens with one attached hydrogen (secondary N) is 2. The number of ether oxygens (including phenoxy) is 1. The molecule has 94 valence electrons. The largest absolute Gasteiger partial charge is 0.466 e. The number of H-pyrrole nitrogens is 1. The molecule has 0 fully saturated rings. The summed E-state index contributed by atoms with van der Waals surface area (Å²) < 4.78 is 5.31. The molecule has 0 aliphatic rings. The smallest absolute Gasteiger partial charge is 0.305 e. The van der Waals surface area contributed by atoms with Gasteiger partial charge >= 0.3 is 5.97 Å². The van der Waals surface area contributed by atoms with Crippen molar-refractivity contribution in [2.45, 2.75) is 19.8 Å². The summed E-state index contributed by atoms with van der Waals surface area (Å²) in [6.07, 6.45) is 2.35. The van der Waals surface area contributed by atoms with Crippen LogP contribution < -0.4 is 10.9 Å². The summed E-state index contributed by atoms with van der Waals surface area (Å²) in [7, 11) is 0. The van der Waals surface area contributed by atoms with Gasteiger partial charge in [0.25, 0.3) is 5.56 Å². The van der Waals surface area contributed by atoms with Crippen LogP contribution in [0.15, 0.2) is 11.1 Å². The first-order valence-electron chi connectivity index (χ1n) is 5.27. The van der Waals surface area contributed by atoms with Gasteiger partial charge in [-0.2, -0.15) is 0 Å². The fraction of sp³-hybridized carbons (Fsp3) is 0.500. The zero-order chi connectivity index (χ0) is 12.7. The molecule has 1 rings (SSSR count). The van der Waals surface area contributed by atoms with E-state index < -0.39 is 0 Å². The number of carbonyl (C=O) groups excluding carboxylic acids is 1. The molecule has 0 aliphatic carbocycles. The zero-order valence-electron chi connectivity index (χ0n) is 9.46. The molecule has 0 saturated carbocycles. The van der Waals surface area contributed by atoms with Crippen molar-refractivity contribution in [2.75, 3.05) is 18.5 Å². The first kappa shape index (κ1) is 13.9. The topological polar surface area (TPSA) is 84.1 Å². The minimum atomic E-state index is -0.206. The SMILES string of the molecule is CCOC(=O)CCCNc1nc[nH]c(=O)c1I. The molecular weight excluding hydrogens is 337 g/mol. The number of nitrogens with zero attached hydrogens (tertiary/aromatic N) is 1. The van der Waals surface area contributed by atoms with Crippen LogP contribution >= 0.6 is 22.6 Å². The van der Waals surface area contributed by atoms with Crippen LogP contribution in [0.4, 0.5) is 5.82 Å². The Morgan fingerprint density at radius 2 is 2.41 bits per heavy atom. The van der Waals surface area contributed by atoms with Crippen molar-refractivity contribution >= 4 is 34.4 Å². The normalized spacial score (nSPS) is 10.0. The van der Waals surface area contributed by atoms with Crippen LogP contribution in [-0.2, 0) is 9.53 Å². The molecule has 0 bridgehead atoms. The van der Waals surface area contributed by atoms with Gasteiger partial charge in [-0.15, -0.1) is 0 Å². The average Bonchev–Trinajstić information content (AvgIpc) is 2.30. The summed E-state index contributed by atoms with van der Waals surface area (Å²) in [6, 6.07) is 0. The summed E-state index contributed by atoms with van der Waals surface area (Å²) in [5, 5.41) is 3.00. The van der Waals surface area contributed by atoms with Crippen LogP contribution in [0.5, 0.6) is 0 Å². The molecule has 7 heteroatoms. The standard InChI is InChI=1S/C10H14IN3O3/c1-2-17-7(15)4-3-5-12-9-8(11)10(16)14-6-13-9/h6H,2-5H2,1H3,(H2,12,13,14,16).